The summed E-state index contributed by atoms with van der Waals surface area (Å²) in [6.45, 7) is 4.90. The van der Waals surface area contributed by atoms with Crippen molar-refractivity contribution in [2.45, 2.75) is 50.8 Å². The van der Waals surface area contributed by atoms with Gasteiger partial charge in [-0.2, -0.15) is 0 Å². The highest BCUT2D eigenvalue weighted by molar-refractivity contribution is 7.92. The molecule has 1 fully saturated rings. The first-order valence-corrected chi connectivity index (χ1v) is 9.01. The lowest BCUT2D eigenvalue weighted by Crippen LogP contribution is -2.48. The average Bonchev–Trinajstić information content (AvgIpc) is 2.38. The molecule has 0 spiro atoms. The highest BCUT2D eigenvalue weighted by Gasteiger charge is 2.38. The molecule has 4 nitrogen and oxygen atoms in total. The van der Waals surface area contributed by atoms with E-state index >= 15 is 0 Å². The number of hydrogen-bond donors (Lipinski definition) is 1. The van der Waals surface area contributed by atoms with E-state index in [1.54, 1.807) is 7.11 Å². The van der Waals surface area contributed by atoms with Crippen LogP contribution in [0.5, 0.6) is 0 Å². The van der Waals surface area contributed by atoms with E-state index in [1.807, 2.05) is 7.05 Å². The van der Waals surface area contributed by atoms with Crippen LogP contribution in [0.15, 0.2) is 0 Å². The molecule has 1 N–H and O–H groups in total. The molecule has 5 heteroatoms. The maximum absolute atomic E-state index is 12.5. The second-order valence-corrected chi connectivity index (χ2v) is 8.30. The first-order valence-electron chi connectivity index (χ1n) is 7.30. The molecule has 1 saturated carbocycles. The highest BCUT2D eigenvalue weighted by atomic mass is 32.2. The van der Waals surface area contributed by atoms with Gasteiger partial charge in [-0.05, 0) is 44.6 Å². The summed E-state index contributed by atoms with van der Waals surface area (Å²) in [5, 5.41) is 2.97. The molecular formula is C14H29NO3S. The van der Waals surface area contributed by atoms with Crippen LogP contribution in [-0.2, 0) is 14.6 Å². The van der Waals surface area contributed by atoms with Gasteiger partial charge in [0.2, 0.25) is 0 Å². The number of rotatable bonds is 7. The molecule has 0 radical (unpaired) electrons. The van der Waals surface area contributed by atoms with Gasteiger partial charge in [0.1, 0.15) is 0 Å². The van der Waals surface area contributed by atoms with Crippen molar-refractivity contribution in [1.29, 1.82) is 0 Å². The van der Waals surface area contributed by atoms with Crippen molar-refractivity contribution in [3.8, 4) is 0 Å². The van der Waals surface area contributed by atoms with Crippen molar-refractivity contribution in [1.82, 2.24) is 5.32 Å². The molecule has 0 heterocycles. The van der Waals surface area contributed by atoms with Gasteiger partial charge in [0.15, 0.2) is 9.84 Å². The predicted octanol–water partition coefficient (Wildman–Crippen LogP) is 1.85. The van der Waals surface area contributed by atoms with Gasteiger partial charge in [-0.1, -0.05) is 13.8 Å². The summed E-state index contributed by atoms with van der Waals surface area (Å²) in [6.07, 6.45) is 3.50. The SMILES string of the molecule is CNC1CCC(C(C)C)CC1S(=O)(=O)CCCOC. The van der Waals surface area contributed by atoms with Gasteiger partial charge in [-0.15, -0.1) is 0 Å². The Morgan fingerprint density at radius 1 is 1.32 bits per heavy atom. The fourth-order valence-corrected chi connectivity index (χ4v) is 5.18. The summed E-state index contributed by atoms with van der Waals surface area (Å²) in [7, 11) is 0.457. The Hall–Kier alpha value is -0.130. The van der Waals surface area contributed by atoms with Gasteiger partial charge >= 0.3 is 0 Å². The number of methoxy groups -OCH3 is 1. The summed E-state index contributed by atoms with van der Waals surface area (Å²) in [5.74, 6) is 1.34. The van der Waals surface area contributed by atoms with E-state index in [0.717, 1.165) is 19.3 Å². The van der Waals surface area contributed by atoms with Crippen LogP contribution >= 0.6 is 0 Å². The maximum atomic E-state index is 12.5. The number of nitrogens with one attached hydrogen (secondary N) is 1. The van der Waals surface area contributed by atoms with Gasteiger partial charge < -0.3 is 10.1 Å². The van der Waals surface area contributed by atoms with E-state index in [-0.39, 0.29) is 17.0 Å². The zero-order valence-electron chi connectivity index (χ0n) is 12.7. The molecule has 0 amide bonds. The van der Waals surface area contributed by atoms with Gasteiger partial charge in [-0.25, -0.2) is 8.42 Å². The molecule has 0 aromatic rings. The quantitative estimate of drug-likeness (QED) is 0.727. The van der Waals surface area contributed by atoms with Crippen LogP contribution in [-0.4, -0.2) is 46.2 Å². The zero-order valence-corrected chi connectivity index (χ0v) is 13.5. The zero-order chi connectivity index (χ0) is 14.5. The normalized spacial score (nSPS) is 28.8. The highest BCUT2D eigenvalue weighted by Crippen LogP contribution is 2.33. The first-order chi connectivity index (χ1) is 8.92. The summed E-state index contributed by atoms with van der Waals surface area (Å²) in [4.78, 5) is 0. The third-order valence-electron chi connectivity index (χ3n) is 4.38. The largest absolute Gasteiger partial charge is 0.385 e. The maximum Gasteiger partial charge on any atom is 0.154 e. The van der Waals surface area contributed by atoms with Gasteiger partial charge in [0.05, 0.1) is 11.0 Å². The van der Waals surface area contributed by atoms with Crippen molar-refractivity contribution in [2.24, 2.45) is 11.8 Å². The molecule has 0 aromatic heterocycles. The van der Waals surface area contributed by atoms with E-state index in [2.05, 4.69) is 19.2 Å². The van der Waals surface area contributed by atoms with E-state index < -0.39 is 9.84 Å². The molecule has 0 bridgehead atoms. The van der Waals surface area contributed by atoms with Crippen molar-refractivity contribution in [3.05, 3.63) is 0 Å². The van der Waals surface area contributed by atoms with Crippen LogP contribution in [0.2, 0.25) is 0 Å². The molecule has 114 valence electrons. The minimum atomic E-state index is -3.03. The number of ether oxygens (including phenoxy) is 1. The molecule has 0 aromatic carbocycles. The van der Waals surface area contributed by atoms with Crippen molar-refractivity contribution < 1.29 is 13.2 Å². The lowest BCUT2D eigenvalue weighted by Gasteiger charge is -2.37. The van der Waals surface area contributed by atoms with Crippen LogP contribution in [0.1, 0.15) is 39.5 Å². The molecule has 0 saturated heterocycles. The lowest BCUT2D eigenvalue weighted by atomic mass is 9.79. The Morgan fingerprint density at radius 2 is 2.00 bits per heavy atom. The van der Waals surface area contributed by atoms with Gasteiger partial charge in [0.25, 0.3) is 0 Å². The van der Waals surface area contributed by atoms with Crippen LogP contribution in [0.4, 0.5) is 0 Å². The fraction of sp³-hybridized carbons (Fsp3) is 1.00. The smallest absolute Gasteiger partial charge is 0.154 e. The van der Waals surface area contributed by atoms with Crippen molar-refractivity contribution >= 4 is 9.84 Å². The second kappa shape index (κ2) is 7.60. The molecule has 3 unspecified atom stereocenters. The van der Waals surface area contributed by atoms with Gasteiger partial charge in [0, 0.05) is 19.8 Å². The number of sulfone groups is 1. The van der Waals surface area contributed by atoms with Crippen LogP contribution in [0.3, 0.4) is 0 Å². The topological polar surface area (TPSA) is 55.4 Å². The molecule has 1 aliphatic carbocycles. The van der Waals surface area contributed by atoms with Crippen molar-refractivity contribution in [3.63, 3.8) is 0 Å². The third-order valence-corrected chi connectivity index (χ3v) is 6.69. The third kappa shape index (κ3) is 4.72. The Labute approximate surface area is 118 Å². The van der Waals surface area contributed by atoms with Crippen molar-refractivity contribution in [2.75, 3.05) is 26.5 Å². The Bertz CT molecular complexity index is 354. The van der Waals surface area contributed by atoms with Crippen LogP contribution in [0, 0.1) is 11.8 Å². The predicted molar refractivity (Wildman–Crippen MR) is 79.1 cm³/mol. The monoisotopic (exact) mass is 291 g/mol. The Morgan fingerprint density at radius 3 is 2.53 bits per heavy atom. The minimum absolute atomic E-state index is 0.113. The molecule has 1 aliphatic rings. The standard InChI is InChI=1S/C14H29NO3S/c1-11(2)12-6-7-13(15-3)14(10-12)19(16,17)9-5-8-18-4/h11-15H,5-10H2,1-4H3. The van der Waals surface area contributed by atoms with E-state index in [4.69, 9.17) is 4.74 Å². The van der Waals surface area contributed by atoms with E-state index in [9.17, 15) is 8.42 Å². The van der Waals surface area contributed by atoms with E-state index in [0.29, 0.717) is 24.9 Å². The van der Waals surface area contributed by atoms with Crippen LogP contribution < -0.4 is 5.32 Å². The molecular weight excluding hydrogens is 262 g/mol. The summed E-state index contributed by atoms with van der Waals surface area (Å²) in [6, 6.07) is 0.113. The molecule has 0 aliphatic heterocycles. The molecule has 1 rings (SSSR count). The summed E-state index contributed by atoms with van der Waals surface area (Å²) >= 11 is 0. The first kappa shape index (κ1) is 16.9. The summed E-state index contributed by atoms with van der Waals surface area (Å²) < 4.78 is 30.0. The Balaban J connectivity index is 2.73. The van der Waals surface area contributed by atoms with Crippen LogP contribution in [0.25, 0.3) is 0 Å². The lowest BCUT2D eigenvalue weighted by molar-refractivity contribution is 0.199. The summed E-state index contributed by atoms with van der Waals surface area (Å²) in [5.41, 5.74) is 0. The second-order valence-electron chi connectivity index (χ2n) is 5.96. The average molecular weight is 291 g/mol. The molecule has 3 atom stereocenters. The van der Waals surface area contributed by atoms with Gasteiger partial charge in [-0.3, -0.25) is 0 Å². The minimum Gasteiger partial charge on any atom is -0.385 e. The number of hydrogen-bond acceptors (Lipinski definition) is 4. The van der Waals surface area contributed by atoms with E-state index in [1.165, 1.54) is 0 Å². The molecule has 19 heavy (non-hydrogen) atoms. The fourth-order valence-electron chi connectivity index (χ4n) is 3.05. The Kier molecular flexibility index (Phi) is 6.77.